The van der Waals surface area contributed by atoms with E-state index in [1.165, 1.54) is 0 Å². The van der Waals surface area contributed by atoms with Crippen molar-refractivity contribution < 1.29 is 9.53 Å². The Morgan fingerprint density at radius 1 is 1.50 bits per heavy atom. The van der Waals surface area contributed by atoms with E-state index in [0.29, 0.717) is 12.5 Å². The summed E-state index contributed by atoms with van der Waals surface area (Å²) in [5.74, 6) is 0.361. The summed E-state index contributed by atoms with van der Waals surface area (Å²) in [6.45, 7) is 11.1. The van der Waals surface area contributed by atoms with Crippen molar-refractivity contribution in [1.82, 2.24) is 4.90 Å². The summed E-state index contributed by atoms with van der Waals surface area (Å²) in [6.07, 6.45) is 0.733. The van der Waals surface area contributed by atoms with Gasteiger partial charge in [0.05, 0.1) is 0 Å². The Labute approximate surface area is 98.1 Å². The van der Waals surface area contributed by atoms with Crippen molar-refractivity contribution >= 4 is 6.09 Å². The molecule has 1 aliphatic heterocycles. The lowest BCUT2D eigenvalue weighted by atomic mass is 9.89. The topological polar surface area (TPSA) is 55.6 Å². The SMILES string of the molecule is CC(C)(C)OC(=O)N1CCC(CN)C1(C)C. The number of ether oxygens (including phenoxy) is 1. The van der Waals surface area contributed by atoms with Crippen molar-refractivity contribution in [3.05, 3.63) is 0 Å². The van der Waals surface area contributed by atoms with Crippen LogP contribution in [0.5, 0.6) is 0 Å². The molecule has 1 heterocycles. The monoisotopic (exact) mass is 228 g/mol. The summed E-state index contributed by atoms with van der Waals surface area (Å²) >= 11 is 0. The Kier molecular flexibility index (Phi) is 3.53. The van der Waals surface area contributed by atoms with Gasteiger partial charge in [-0.1, -0.05) is 0 Å². The van der Waals surface area contributed by atoms with Gasteiger partial charge in [-0.3, -0.25) is 0 Å². The lowest BCUT2D eigenvalue weighted by Crippen LogP contribution is -2.49. The number of amides is 1. The lowest BCUT2D eigenvalue weighted by Gasteiger charge is -2.36. The van der Waals surface area contributed by atoms with Gasteiger partial charge in [-0.05, 0) is 53.5 Å². The maximum atomic E-state index is 12.0. The molecule has 1 atom stereocenters. The Balaban J connectivity index is 2.72. The molecule has 1 unspecified atom stereocenters. The summed E-state index contributed by atoms with van der Waals surface area (Å²) < 4.78 is 5.40. The van der Waals surface area contributed by atoms with Crippen molar-refractivity contribution in [1.29, 1.82) is 0 Å². The van der Waals surface area contributed by atoms with E-state index in [-0.39, 0.29) is 11.6 Å². The first-order chi connectivity index (χ1) is 7.18. The van der Waals surface area contributed by atoms with Crippen LogP contribution in [-0.2, 0) is 4.74 Å². The highest BCUT2D eigenvalue weighted by Crippen LogP contribution is 2.34. The largest absolute Gasteiger partial charge is 0.444 e. The van der Waals surface area contributed by atoms with Gasteiger partial charge < -0.3 is 15.4 Å². The van der Waals surface area contributed by atoms with E-state index in [1.807, 2.05) is 20.8 Å². The highest BCUT2D eigenvalue weighted by atomic mass is 16.6. The van der Waals surface area contributed by atoms with Gasteiger partial charge in [0.25, 0.3) is 0 Å². The molecule has 4 heteroatoms. The molecule has 1 aliphatic rings. The Bertz CT molecular complexity index is 269. The molecule has 94 valence electrons. The molecule has 0 aromatic heterocycles. The summed E-state index contributed by atoms with van der Waals surface area (Å²) in [6, 6.07) is 0. The van der Waals surface area contributed by atoms with Crippen LogP contribution in [0.1, 0.15) is 41.0 Å². The first-order valence-corrected chi connectivity index (χ1v) is 5.89. The number of nitrogens with two attached hydrogens (primary N) is 1. The number of hydrogen-bond acceptors (Lipinski definition) is 3. The zero-order valence-electron chi connectivity index (χ0n) is 11.0. The third-order valence-corrected chi connectivity index (χ3v) is 3.29. The molecule has 4 nitrogen and oxygen atoms in total. The highest BCUT2D eigenvalue weighted by Gasteiger charge is 2.44. The van der Waals surface area contributed by atoms with Gasteiger partial charge in [-0.2, -0.15) is 0 Å². The molecule has 0 radical (unpaired) electrons. The minimum absolute atomic E-state index is 0.197. The van der Waals surface area contributed by atoms with E-state index in [2.05, 4.69) is 13.8 Å². The second-order valence-electron chi connectivity index (χ2n) is 6.01. The molecule has 2 N–H and O–H groups in total. The Hall–Kier alpha value is -0.770. The highest BCUT2D eigenvalue weighted by molar-refractivity contribution is 5.69. The van der Waals surface area contributed by atoms with Crippen molar-refractivity contribution in [2.24, 2.45) is 11.7 Å². The molecule has 0 aliphatic carbocycles. The second-order valence-corrected chi connectivity index (χ2v) is 6.01. The predicted octanol–water partition coefficient (Wildman–Crippen LogP) is 1.98. The molecule has 0 aromatic rings. The van der Waals surface area contributed by atoms with Crippen molar-refractivity contribution in [2.45, 2.75) is 52.2 Å². The molecule has 1 saturated heterocycles. The smallest absolute Gasteiger partial charge is 0.410 e. The normalized spacial score (nSPS) is 24.6. The lowest BCUT2D eigenvalue weighted by molar-refractivity contribution is 0.00939. The summed E-state index contributed by atoms with van der Waals surface area (Å²) in [4.78, 5) is 13.8. The van der Waals surface area contributed by atoms with Crippen LogP contribution in [0.3, 0.4) is 0 Å². The average Bonchev–Trinajstić information content (AvgIpc) is 2.36. The van der Waals surface area contributed by atoms with Crippen LogP contribution >= 0.6 is 0 Å². The van der Waals surface area contributed by atoms with Crippen LogP contribution in [0.15, 0.2) is 0 Å². The molecular weight excluding hydrogens is 204 g/mol. The minimum Gasteiger partial charge on any atom is -0.444 e. The third kappa shape index (κ3) is 2.67. The first kappa shape index (κ1) is 13.3. The zero-order chi connectivity index (χ0) is 12.6. The van der Waals surface area contributed by atoms with Crippen molar-refractivity contribution in [3.8, 4) is 0 Å². The van der Waals surface area contributed by atoms with Crippen LogP contribution in [-0.4, -0.2) is 35.2 Å². The van der Waals surface area contributed by atoms with E-state index >= 15 is 0 Å². The Morgan fingerprint density at radius 2 is 2.06 bits per heavy atom. The fraction of sp³-hybridized carbons (Fsp3) is 0.917. The molecule has 0 bridgehead atoms. The molecule has 1 fully saturated rings. The van der Waals surface area contributed by atoms with Crippen LogP contribution in [0.2, 0.25) is 0 Å². The average molecular weight is 228 g/mol. The van der Waals surface area contributed by atoms with Crippen LogP contribution in [0, 0.1) is 5.92 Å². The zero-order valence-corrected chi connectivity index (χ0v) is 11.0. The van der Waals surface area contributed by atoms with Crippen molar-refractivity contribution in [3.63, 3.8) is 0 Å². The number of carbonyl (C=O) groups is 1. The maximum absolute atomic E-state index is 12.0. The standard InChI is InChI=1S/C12H24N2O2/c1-11(2,3)16-10(15)14-7-6-9(8-13)12(14,4)5/h9H,6-8,13H2,1-5H3. The van der Waals surface area contributed by atoms with E-state index in [0.717, 1.165) is 13.0 Å². The van der Waals surface area contributed by atoms with Crippen LogP contribution in [0.4, 0.5) is 4.79 Å². The minimum atomic E-state index is -0.437. The van der Waals surface area contributed by atoms with Crippen molar-refractivity contribution in [2.75, 3.05) is 13.1 Å². The van der Waals surface area contributed by atoms with E-state index in [1.54, 1.807) is 4.90 Å². The van der Waals surface area contributed by atoms with E-state index in [4.69, 9.17) is 10.5 Å². The summed E-state index contributed by atoms with van der Waals surface area (Å²) in [5.41, 5.74) is 5.09. The van der Waals surface area contributed by atoms with Gasteiger partial charge in [-0.15, -0.1) is 0 Å². The number of rotatable bonds is 1. The number of hydrogen-bond donors (Lipinski definition) is 1. The van der Waals surface area contributed by atoms with E-state index < -0.39 is 5.60 Å². The van der Waals surface area contributed by atoms with Gasteiger partial charge in [0, 0.05) is 12.1 Å². The van der Waals surface area contributed by atoms with E-state index in [9.17, 15) is 4.79 Å². The molecule has 0 aromatic carbocycles. The Morgan fingerprint density at radius 3 is 2.44 bits per heavy atom. The summed E-state index contributed by atoms with van der Waals surface area (Å²) in [5, 5.41) is 0. The van der Waals surface area contributed by atoms with Gasteiger partial charge in [0.2, 0.25) is 0 Å². The fourth-order valence-electron chi connectivity index (χ4n) is 2.20. The van der Waals surface area contributed by atoms with Gasteiger partial charge in [-0.25, -0.2) is 4.79 Å². The number of likely N-dealkylation sites (tertiary alicyclic amines) is 1. The van der Waals surface area contributed by atoms with Gasteiger partial charge in [0.15, 0.2) is 0 Å². The molecule has 16 heavy (non-hydrogen) atoms. The quantitative estimate of drug-likeness (QED) is 0.746. The molecule has 1 amide bonds. The molecule has 1 rings (SSSR count). The van der Waals surface area contributed by atoms with Gasteiger partial charge in [0.1, 0.15) is 5.60 Å². The maximum Gasteiger partial charge on any atom is 0.410 e. The molecule has 0 saturated carbocycles. The fourth-order valence-corrected chi connectivity index (χ4v) is 2.20. The van der Waals surface area contributed by atoms with Crippen LogP contribution in [0.25, 0.3) is 0 Å². The summed E-state index contributed by atoms with van der Waals surface area (Å²) in [7, 11) is 0. The molecule has 0 spiro atoms. The predicted molar refractivity (Wildman–Crippen MR) is 64.2 cm³/mol. The number of carbonyl (C=O) groups excluding carboxylic acids is 1. The third-order valence-electron chi connectivity index (χ3n) is 3.29. The van der Waals surface area contributed by atoms with Gasteiger partial charge >= 0.3 is 6.09 Å². The first-order valence-electron chi connectivity index (χ1n) is 5.89. The second kappa shape index (κ2) is 4.24. The number of nitrogens with zero attached hydrogens (tertiary/aromatic N) is 1. The molecular formula is C12H24N2O2. The van der Waals surface area contributed by atoms with Crippen LogP contribution < -0.4 is 5.73 Å².